The molecule has 0 aromatic carbocycles. The lowest BCUT2D eigenvalue weighted by molar-refractivity contribution is 0.0544. The third kappa shape index (κ3) is 7.77. The van der Waals surface area contributed by atoms with Gasteiger partial charge in [0.15, 0.2) is 5.96 Å². The molecule has 0 aliphatic carbocycles. The van der Waals surface area contributed by atoms with Crippen molar-refractivity contribution >= 4 is 17.7 Å². The second-order valence-electron chi connectivity index (χ2n) is 6.70. The van der Waals surface area contributed by atoms with Gasteiger partial charge < -0.3 is 19.9 Å². The number of hydrogen-bond acceptors (Lipinski definition) is 4. The molecule has 1 heterocycles. The highest BCUT2D eigenvalue weighted by Gasteiger charge is 2.25. The molecule has 1 rings (SSSR count). The molecule has 0 aromatic heterocycles. The molecule has 136 valence electrons. The first-order valence-corrected chi connectivity index (χ1v) is 9.86. The second kappa shape index (κ2) is 11.2. The third-order valence-corrected chi connectivity index (χ3v) is 5.68. The Labute approximate surface area is 147 Å². The molecule has 1 saturated heterocycles. The molecule has 23 heavy (non-hydrogen) atoms. The Morgan fingerprint density at radius 1 is 1.43 bits per heavy atom. The second-order valence-corrected chi connectivity index (χ2v) is 8.04. The molecule has 0 aromatic rings. The van der Waals surface area contributed by atoms with E-state index in [-0.39, 0.29) is 6.10 Å². The molecule has 6 heteroatoms. The third-order valence-electron chi connectivity index (χ3n) is 4.14. The zero-order valence-corrected chi connectivity index (χ0v) is 16.7. The van der Waals surface area contributed by atoms with Gasteiger partial charge in [-0.2, -0.15) is 11.8 Å². The summed E-state index contributed by atoms with van der Waals surface area (Å²) in [7, 11) is 6.09. The van der Waals surface area contributed by atoms with Gasteiger partial charge in [0, 0.05) is 50.8 Å². The van der Waals surface area contributed by atoms with Crippen molar-refractivity contribution in [3.63, 3.8) is 0 Å². The van der Waals surface area contributed by atoms with Gasteiger partial charge in [-0.05, 0) is 33.4 Å². The summed E-state index contributed by atoms with van der Waals surface area (Å²) in [6.45, 7) is 11.5. The number of guanidine groups is 1. The molecular weight excluding hydrogens is 308 g/mol. The van der Waals surface area contributed by atoms with Crippen LogP contribution in [0.1, 0.15) is 27.2 Å². The summed E-state index contributed by atoms with van der Waals surface area (Å²) in [6.07, 6.45) is 1.27. The summed E-state index contributed by atoms with van der Waals surface area (Å²) in [6, 6.07) is 0. The highest BCUT2D eigenvalue weighted by molar-refractivity contribution is 8.00. The fourth-order valence-electron chi connectivity index (χ4n) is 2.69. The van der Waals surface area contributed by atoms with Crippen molar-refractivity contribution in [3.8, 4) is 0 Å². The normalized spacial score (nSPS) is 21.1. The average Bonchev–Trinajstić information content (AvgIpc) is 2.53. The summed E-state index contributed by atoms with van der Waals surface area (Å²) in [4.78, 5) is 9.09. The highest BCUT2D eigenvalue weighted by atomic mass is 32.2. The van der Waals surface area contributed by atoms with Crippen molar-refractivity contribution in [1.82, 2.24) is 15.1 Å². The first kappa shape index (κ1) is 20.6. The van der Waals surface area contributed by atoms with E-state index in [9.17, 15) is 0 Å². The number of hydrogen-bond donors (Lipinski definition) is 1. The minimum atomic E-state index is 0.235. The van der Waals surface area contributed by atoms with Crippen molar-refractivity contribution < 1.29 is 4.74 Å². The average molecular weight is 345 g/mol. The highest BCUT2D eigenvalue weighted by Crippen LogP contribution is 2.24. The van der Waals surface area contributed by atoms with Crippen molar-refractivity contribution in [3.05, 3.63) is 0 Å². The molecule has 1 N–H and O–H groups in total. The van der Waals surface area contributed by atoms with Crippen LogP contribution in [0.15, 0.2) is 4.99 Å². The first-order chi connectivity index (χ1) is 11.0. The lowest BCUT2D eigenvalue weighted by Gasteiger charge is -2.36. The fraction of sp³-hybridized carbons (Fsp3) is 0.941. The van der Waals surface area contributed by atoms with Gasteiger partial charge in [-0.15, -0.1) is 0 Å². The number of thioether (sulfide) groups is 1. The Kier molecular flexibility index (Phi) is 9.99. The molecule has 2 unspecified atom stereocenters. The lowest BCUT2D eigenvalue weighted by Crippen LogP contribution is -2.50. The maximum absolute atomic E-state index is 5.87. The molecule has 1 aliphatic heterocycles. The van der Waals surface area contributed by atoms with Crippen LogP contribution in [0, 0.1) is 5.92 Å². The Hall–Kier alpha value is -0.460. The molecule has 1 aliphatic rings. The molecular formula is C17H36N4OS. The molecule has 0 saturated carbocycles. The Bertz CT molecular complexity index is 349. The molecule has 0 bridgehead atoms. The van der Waals surface area contributed by atoms with Crippen LogP contribution in [0.25, 0.3) is 0 Å². The van der Waals surface area contributed by atoms with Crippen molar-refractivity contribution in [2.24, 2.45) is 10.9 Å². The summed E-state index contributed by atoms with van der Waals surface area (Å²) >= 11 is 2.09. The van der Waals surface area contributed by atoms with Gasteiger partial charge >= 0.3 is 0 Å². The number of nitrogens with zero attached hydrogens (tertiary/aromatic N) is 3. The van der Waals surface area contributed by atoms with E-state index in [0.717, 1.165) is 45.2 Å². The summed E-state index contributed by atoms with van der Waals surface area (Å²) in [5, 5.41) is 4.22. The smallest absolute Gasteiger partial charge is 0.193 e. The van der Waals surface area contributed by atoms with Crippen LogP contribution in [0.3, 0.4) is 0 Å². The molecule has 5 nitrogen and oxygen atoms in total. The van der Waals surface area contributed by atoms with Gasteiger partial charge in [0.25, 0.3) is 0 Å². The van der Waals surface area contributed by atoms with E-state index in [1.807, 2.05) is 7.05 Å². The van der Waals surface area contributed by atoms with Crippen LogP contribution in [0.5, 0.6) is 0 Å². The molecule has 0 radical (unpaired) electrons. The van der Waals surface area contributed by atoms with Crippen LogP contribution < -0.4 is 5.32 Å². The molecule has 0 spiro atoms. The Morgan fingerprint density at radius 3 is 2.74 bits per heavy atom. The topological polar surface area (TPSA) is 40.1 Å². The van der Waals surface area contributed by atoms with Gasteiger partial charge in [0.1, 0.15) is 0 Å². The minimum Gasteiger partial charge on any atom is -0.377 e. The number of aliphatic imine (C=N–C) groups is 1. The predicted molar refractivity (Wildman–Crippen MR) is 103 cm³/mol. The maximum Gasteiger partial charge on any atom is 0.193 e. The van der Waals surface area contributed by atoms with Crippen molar-refractivity contribution in [1.29, 1.82) is 0 Å². The zero-order chi connectivity index (χ0) is 17.2. The van der Waals surface area contributed by atoms with E-state index in [1.165, 1.54) is 5.75 Å². The van der Waals surface area contributed by atoms with Gasteiger partial charge in [0.2, 0.25) is 0 Å². The van der Waals surface area contributed by atoms with Crippen LogP contribution in [0.4, 0.5) is 0 Å². The molecule has 1 fully saturated rings. The summed E-state index contributed by atoms with van der Waals surface area (Å²) < 4.78 is 5.87. The standard InChI is InChI=1S/C17H36N4OS/c1-7-22-15(8-9-20(5)6)12-19-17(18-4)21-10-11-23-16(13-21)14(2)3/h14-16H,7-13H2,1-6H3,(H,18,19). The first-order valence-electron chi connectivity index (χ1n) is 8.81. The minimum absolute atomic E-state index is 0.235. The lowest BCUT2D eigenvalue weighted by atomic mass is 10.1. The monoisotopic (exact) mass is 344 g/mol. The van der Waals surface area contributed by atoms with E-state index >= 15 is 0 Å². The van der Waals surface area contributed by atoms with E-state index in [4.69, 9.17) is 4.74 Å². The van der Waals surface area contributed by atoms with Gasteiger partial charge in [-0.25, -0.2) is 0 Å². The number of nitrogens with one attached hydrogen (secondary N) is 1. The number of rotatable bonds is 8. The molecule has 0 amide bonds. The number of ether oxygens (including phenoxy) is 1. The van der Waals surface area contributed by atoms with Crippen LogP contribution in [-0.2, 0) is 4.74 Å². The Morgan fingerprint density at radius 2 is 2.17 bits per heavy atom. The van der Waals surface area contributed by atoms with E-state index in [1.54, 1.807) is 0 Å². The molecule has 2 atom stereocenters. The van der Waals surface area contributed by atoms with Gasteiger partial charge in [-0.3, -0.25) is 4.99 Å². The van der Waals surface area contributed by atoms with E-state index in [2.05, 4.69) is 66.7 Å². The van der Waals surface area contributed by atoms with Crippen LogP contribution >= 0.6 is 11.8 Å². The van der Waals surface area contributed by atoms with Crippen LogP contribution in [-0.4, -0.2) is 86.8 Å². The summed E-state index contributed by atoms with van der Waals surface area (Å²) in [5.41, 5.74) is 0. The van der Waals surface area contributed by atoms with Gasteiger partial charge in [-0.1, -0.05) is 13.8 Å². The largest absolute Gasteiger partial charge is 0.377 e. The maximum atomic E-state index is 5.87. The van der Waals surface area contributed by atoms with Crippen molar-refractivity contribution in [2.45, 2.75) is 38.5 Å². The SMILES string of the molecule is CCOC(CCN(C)C)CNC(=NC)N1CCSC(C(C)C)C1. The van der Waals surface area contributed by atoms with Crippen LogP contribution in [0.2, 0.25) is 0 Å². The summed E-state index contributed by atoms with van der Waals surface area (Å²) in [5.74, 6) is 2.90. The van der Waals surface area contributed by atoms with E-state index in [0.29, 0.717) is 11.2 Å². The van der Waals surface area contributed by atoms with Gasteiger partial charge in [0.05, 0.1) is 6.10 Å². The van der Waals surface area contributed by atoms with E-state index < -0.39 is 0 Å². The predicted octanol–water partition coefficient (Wildman–Crippen LogP) is 1.99. The zero-order valence-electron chi connectivity index (χ0n) is 15.8. The fourth-order valence-corrected chi connectivity index (χ4v) is 3.99. The van der Waals surface area contributed by atoms with Crippen molar-refractivity contribution in [2.75, 3.05) is 59.7 Å². The Balaban J connectivity index is 2.50. The quantitative estimate of drug-likeness (QED) is 0.539.